The van der Waals surface area contributed by atoms with Gasteiger partial charge in [-0.15, -0.1) is 0 Å². The molecular formula is C18H8N2O2. The third-order valence-electron chi connectivity index (χ3n) is 3.92. The van der Waals surface area contributed by atoms with E-state index in [4.69, 9.17) is 0 Å². The molecule has 0 fully saturated rings. The van der Waals surface area contributed by atoms with Crippen molar-refractivity contribution in [3.05, 3.63) is 48.5 Å². The lowest BCUT2D eigenvalue weighted by Gasteiger charge is -2.12. The topological polar surface area (TPSA) is 58.9 Å². The Morgan fingerprint density at radius 3 is 2.05 bits per heavy atom. The summed E-state index contributed by atoms with van der Waals surface area (Å²) in [5.74, 6) is 0. The van der Waals surface area contributed by atoms with Crippen molar-refractivity contribution in [2.45, 2.75) is 0 Å². The SMILES string of the molecule is O=C=Nc1c2c(c3ccccc3c1N=C=O)-c1cccc-2c1. The predicted molar refractivity (Wildman–Crippen MR) is 83.9 cm³/mol. The number of fused-ring (bicyclic) bond motifs is 7. The molecule has 0 saturated heterocycles. The number of hydrogen-bond donors (Lipinski definition) is 0. The molecule has 2 bridgehead atoms. The molecule has 0 spiro atoms. The third-order valence-corrected chi connectivity index (χ3v) is 3.92. The van der Waals surface area contributed by atoms with Gasteiger partial charge in [0.25, 0.3) is 0 Å². The monoisotopic (exact) mass is 284 g/mol. The maximum Gasteiger partial charge on any atom is 0.240 e. The molecule has 0 N–H and O–H groups in total. The van der Waals surface area contributed by atoms with Gasteiger partial charge in [0.15, 0.2) is 0 Å². The van der Waals surface area contributed by atoms with Crippen molar-refractivity contribution < 1.29 is 9.59 Å². The van der Waals surface area contributed by atoms with Crippen LogP contribution < -0.4 is 0 Å². The molecule has 0 unspecified atom stereocenters. The second kappa shape index (κ2) is 4.61. The van der Waals surface area contributed by atoms with Crippen molar-refractivity contribution in [3.8, 4) is 22.3 Å². The summed E-state index contributed by atoms with van der Waals surface area (Å²) in [6, 6.07) is 15.6. The van der Waals surface area contributed by atoms with Crippen LogP contribution in [0.1, 0.15) is 0 Å². The molecular weight excluding hydrogens is 276 g/mol. The summed E-state index contributed by atoms with van der Waals surface area (Å²) in [6.07, 6.45) is 3.13. The Balaban J connectivity index is 2.32. The van der Waals surface area contributed by atoms with Crippen LogP contribution in [0.2, 0.25) is 0 Å². The van der Waals surface area contributed by atoms with E-state index in [2.05, 4.69) is 9.98 Å². The maximum absolute atomic E-state index is 10.9. The quantitative estimate of drug-likeness (QED) is 0.404. The number of benzene rings is 3. The van der Waals surface area contributed by atoms with Gasteiger partial charge in [0.05, 0.1) is 0 Å². The average molecular weight is 284 g/mol. The van der Waals surface area contributed by atoms with Gasteiger partial charge in [-0.3, -0.25) is 0 Å². The zero-order chi connectivity index (χ0) is 15.1. The Bertz CT molecular complexity index is 1040. The van der Waals surface area contributed by atoms with Crippen LogP contribution in [-0.2, 0) is 9.59 Å². The molecule has 3 aromatic carbocycles. The van der Waals surface area contributed by atoms with E-state index in [0.29, 0.717) is 11.4 Å². The van der Waals surface area contributed by atoms with Crippen LogP contribution in [0.15, 0.2) is 58.5 Å². The van der Waals surface area contributed by atoms with Crippen LogP contribution in [0.25, 0.3) is 33.0 Å². The first kappa shape index (κ1) is 12.4. The summed E-state index contributed by atoms with van der Waals surface area (Å²) in [7, 11) is 0. The molecule has 4 nitrogen and oxygen atoms in total. The van der Waals surface area contributed by atoms with E-state index in [1.807, 2.05) is 48.5 Å². The van der Waals surface area contributed by atoms with Crippen molar-refractivity contribution >= 4 is 34.3 Å². The van der Waals surface area contributed by atoms with Gasteiger partial charge < -0.3 is 0 Å². The van der Waals surface area contributed by atoms with Gasteiger partial charge in [-0.1, -0.05) is 42.5 Å². The number of hydrogen-bond acceptors (Lipinski definition) is 4. The van der Waals surface area contributed by atoms with Gasteiger partial charge in [-0.2, -0.15) is 9.98 Å². The largest absolute Gasteiger partial charge is 0.240 e. The first-order valence-corrected chi connectivity index (χ1v) is 6.70. The van der Waals surface area contributed by atoms with Gasteiger partial charge in [0.1, 0.15) is 11.4 Å². The predicted octanol–water partition coefficient (Wildman–Crippen LogP) is 4.42. The van der Waals surface area contributed by atoms with Gasteiger partial charge in [0.2, 0.25) is 12.2 Å². The Kier molecular flexibility index (Phi) is 2.60. The van der Waals surface area contributed by atoms with Crippen LogP contribution in [0.5, 0.6) is 0 Å². The van der Waals surface area contributed by atoms with E-state index in [1.165, 1.54) is 0 Å². The molecule has 0 heterocycles. The van der Waals surface area contributed by atoms with Crippen LogP contribution in [0.4, 0.5) is 11.4 Å². The summed E-state index contributed by atoms with van der Waals surface area (Å²) in [6.45, 7) is 0. The fraction of sp³-hybridized carbons (Fsp3) is 0. The summed E-state index contributed by atoms with van der Waals surface area (Å²) < 4.78 is 0. The molecule has 1 aliphatic carbocycles. The highest BCUT2D eigenvalue weighted by Crippen LogP contribution is 2.54. The lowest BCUT2D eigenvalue weighted by Crippen LogP contribution is -1.84. The standard InChI is InChI=1S/C18H8N2O2/c21-9-19-17-14-7-2-1-6-13(14)15-11-4-3-5-12(8-11)16(15)18(17)20-10-22/h1-8H. The highest BCUT2D eigenvalue weighted by atomic mass is 16.1. The second-order valence-corrected chi connectivity index (χ2v) is 4.98. The number of aliphatic imine (C=N–C) groups is 2. The zero-order valence-corrected chi connectivity index (χ0v) is 11.3. The van der Waals surface area contributed by atoms with Crippen LogP contribution in [0, 0.1) is 0 Å². The molecule has 0 aliphatic heterocycles. The maximum atomic E-state index is 10.9. The molecule has 1 aliphatic rings. The zero-order valence-electron chi connectivity index (χ0n) is 11.3. The van der Waals surface area contributed by atoms with Gasteiger partial charge in [-0.25, -0.2) is 9.59 Å². The number of carbonyl (C=O) groups excluding carboxylic acids is 2. The molecule has 0 amide bonds. The Morgan fingerprint density at radius 2 is 1.32 bits per heavy atom. The van der Waals surface area contributed by atoms with E-state index in [0.717, 1.165) is 33.0 Å². The molecule has 22 heavy (non-hydrogen) atoms. The minimum Gasteiger partial charge on any atom is -0.211 e. The third kappa shape index (κ3) is 1.54. The van der Waals surface area contributed by atoms with E-state index >= 15 is 0 Å². The van der Waals surface area contributed by atoms with Crippen molar-refractivity contribution in [2.24, 2.45) is 9.98 Å². The second-order valence-electron chi connectivity index (χ2n) is 4.98. The lowest BCUT2D eigenvalue weighted by atomic mass is 9.94. The highest BCUT2D eigenvalue weighted by Gasteiger charge is 2.25. The van der Waals surface area contributed by atoms with Crippen molar-refractivity contribution in [2.75, 3.05) is 0 Å². The molecule has 0 radical (unpaired) electrons. The van der Waals surface area contributed by atoms with Gasteiger partial charge >= 0.3 is 0 Å². The number of nitrogens with zero attached hydrogens (tertiary/aromatic N) is 2. The molecule has 4 heteroatoms. The van der Waals surface area contributed by atoms with E-state index < -0.39 is 0 Å². The van der Waals surface area contributed by atoms with Crippen LogP contribution in [-0.4, -0.2) is 12.2 Å². The Hall–Kier alpha value is -3.32. The molecule has 0 atom stereocenters. The minimum absolute atomic E-state index is 0.357. The van der Waals surface area contributed by atoms with E-state index in [1.54, 1.807) is 12.2 Å². The fourth-order valence-electron chi connectivity index (χ4n) is 3.13. The Morgan fingerprint density at radius 1 is 0.682 bits per heavy atom. The molecule has 0 aromatic heterocycles. The summed E-state index contributed by atoms with van der Waals surface area (Å²) in [5, 5.41) is 1.73. The summed E-state index contributed by atoms with van der Waals surface area (Å²) in [5.41, 5.74) is 4.57. The van der Waals surface area contributed by atoms with E-state index in [-0.39, 0.29) is 0 Å². The average Bonchev–Trinajstić information content (AvgIpc) is 2.81. The lowest BCUT2D eigenvalue weighted by molar-refractivity contribution is 0.564. The minimum atomic E-state index is 0.357. The van der Waals surface area contributed by atoms with Gasteiger partial charge in [-0.05, 0) is 28.1 Å². The molecule has 0 saturated carbocycles. The smallest absolute Gasteiger partial charge is 0.211 e. The van der Waals surface area contributed by atoms with Crippen LogP contribution in [0.3, 0.4) is 0 Å². The molecule has 102 valence electrons. The fourth-order valence-corrected chi connectivity index (χ4v) is 3.13. The van der Waals surface area contributed by atoms with Crippen molar-refractivity contribution in [1.29, 1.82) is 0 Å². The first-order chi connectivity index (χ1) is 10.8. The molecule has 3 aromatic rings. The normalized spacial score (nSPS) is 10.7. The first-order valence-electron chi connectivity index (χ1n) is 6.70. The number of rotatable bonds is 2. The van der Waals surface area contributed by atoms with Gasteiger partial charge in [0, 0.05) is 10.9 Å². The summed E-state index contributed by atoms with van der Waals surface area (Å²) >= 11 is 0. The Labute approximate surface area is 125 Å². The van der Waals surface area contributed by atoms with Crippen molar-refractivity contribution in [3.63, 3.8) is 0 Å². The van der Waals surface area contributed by atoms with Crippen molar-refractivity contribution in [1.82, 2.24) is 0 Å². The highest BCUT2D eigenvalue weighted by molar-refractivity contribution is 6.17. The summed E-state index contributed by atoms with van der Waals surface area (Å²) in [4.78, 5) is 29.3. The van der Waals surface area contributed by atoms with Crippen LogP contribution >= 0.6 is 0 Å². The number of isocyanates is 2. The molecule has 4 rings (SSSR count). The van der Waals surface area contributed by atoms with E-state index in [9.17, 15) is 9.59 Å².